The minimum absolute atomic E-state index is 0.107. The highest BCUT2D eigenvalue weighted by Crippen LogP contribution is 2.24. The third-order valence-electron chi connectivity index (χ3n) is 7.44. The molecule has 12 nitrogen and oxygen atoms in total. The van der Waals surface area contributed by atoms with Crippen molar-refractivity contribution in [1.29, 1.82) is 0 Å². The number of nitrogens with zero attached hydrogens (tertiary/aromatic N) is 1. The van der Waals surface area contributed by atoms with Crippen molar-refractivity contribution in [2.24, 2.45) is 10.8 Å². The number of aliphatic hydroxyl groups excluding tert-OH is 1. The summed E-state index contributed by atoms with van der Waals surface area (Å²) in [6.07, 6.45) is -3.05. The maximum Gasteiger partial charge on any atom is 0.407 e. The molecule has 0 aromatic heterocycles. The Hall–Kier alpha value is -3.09. The smallest absolute Gasteiger partial charge is 0.407 e. The van der Waals surface area contributed by atoms with Gasteiger partial charge >= 0.3 is 12.2 Å². The summed E-state index contributed by atoms with van der Waals surface area (Å²) in [5.41, 5.74) is 1.32. The van der Waals surface area contributed by atoms with Crippen LogP contribution in [-0.2, 0) is 32.0 Å². The minimum Gasteiger partial charge on any atom is -0.453 e. The molecule has 0 aliphatic rings. The Labute approximate surface area is 307 Å². The Kier molecular flexibility index (Phi) is 15.7. The number of carbonyl (C=O) groups excluding carboxylic acids is 4. The van der Waals surface area contributed by atoms with E-state index in [0.717, 1.165) is 33.4 Å². The van der Waals surface area contributed by atoms with E-state index in [2.05, 4.69) is 64.6 Å². The molecule has 0 radical (unpaired) electrons. The van der Waals surface area contributed by atoms with Gasteiger partial charge in [-0.2, -0.15) is 0 Å². The zero-order valence-corrected chi connectivity index (χ0v) is 32.5. The summed E-state index contributed by atoms with van der Waals surface area (Å²) < 4.78 is 40.6. The van der Waals surface area contributed by atoms with Gasteiger partial charge in [0, 0.05) is 26.7 Å². The van der Waals surface area contributed by atoms with E-state index in [1.165, 1.54) is 7.11 Å². The lowest BCUT2D eigenvalue weighted by atomic mass is 9.85. The van der Waals surface area contributed by atoms with Gasteiger partial charge < -0.3 is 30.5 Å². The molecule has 49 heavy (non-hydrogen) atoms. The van der Waals surface area contributed by atoms with Crippen LogP contribution in [0.5, 0.6) is 0 Å². The maximum atomic E-state index is 15.0. The second kappa shape index (κ2) is 18.2. The number of carbonyl (C=O) groups is 4. The van der Waals surface area contributed by atoms with Crippen molar-refractivity contribution in [3.05, 3.63) is 67.2 Å². The summed E-state index contributed by atoms with van der Waals surface area (Å²) in [4.78, 5) is 51.5. The zero-order chi connectivity index (χ0) is 37.3. The van der Waals surface area contributed by atoms with Crippen molar-refractivity contribution in [2.75, 3.05) is 20.8 Å². The fourth-order valence-corrected chi connectivity index (χ4v) is 5.53. The number of hydrogen-bond acceptors (Lipinski definition) is 8. The van der Waals surface area contributed by atoms with Gasteiger partial charge in [-0.25, -0.2) is 23.4 Å². The zero-order valence-electron chi connectivity index (χ0n) is 28.8. The van der Waals surface area contributed by atoms with Crippen LogP contribution in [-0.4, -0.2) is 79.1 Å². The van der Waals surface area contributed by atoms with Crippen LogP contribution in [0.1, 0.15) is 52.7 Å². The van der Waals surface area contributed by atoms with Gasteiger partial charge in [-0.15, -0.1) is 0 Å². The predicted octanol–water partition coefficient (Wildman–Crippen LogP) is 4.79. The molecule has 4 atom stereocenters. The normalized spacial score (nSPS) is 14.2. The molecule has 2 aromatic rings. The van der Waals surface area contributed by atoms with Crippen LogP contribution in [0.2, 0.25) is 0 Å². The van der Waals surface area contributed by atoms with Crippen molar-refractivity contribution < 1.29 is 42.5 Å². The van der Waals surface area contributed by atoms with E-state index >= 15 is 8.78 Å². The molecule has 16 heteroatoms. The first kappa shape index (κ1) is 42.1. The molecule has 0 heterocycles. The first-order valence-electron chi connectivity index (χ1n) is 15.3. The van der Waals surface area contributed by atoms with Crippen molar-refractivity contribution in [3.63, 3.8) is 0 Å². The van der Waals surface area contributed by atoms with Crippen LogP contribution in [0.3, 0.4) is 0 Å². The van der Waals surface area contributed by atoms with Gasteiger partial charge in [0.15, 0.2) is 0 Å². The highest BCUT2D eigenvalue weighted by molar-refractivity contribution is 14.1. The number of benzene rings is 2. The molecule has 0 saturated carbocycles. The van der Waals surface area contributed by atoms with Crippen molar-refractivity contribution in [1.82, 2.24) is 26.4 Å². The quantitative estimate of drug-likeness (QED) is 0.142. The van der Waals surface area contributed by atoms with E-state index in [1.807, 2.05) is 24.3 Å². The third-order valence-corrected chi connectivity index (χ3v) is 8.62. The monoisotopic (exact) mass is 867 g/mol. The lowest BCUT2D eigenvalue weighted by Crippen LogP contribution is -2.61. The Balaban J connectivity index is 2.54. The molecule has 0 spiro atoms. The summed E-state index contributed by atoms with van der Waals surface area (Å²) in [5, 5.41) is 20.6. The van der Waals surface area contributed by atoms with Crippen molar-refractivity contribution >= 4 is 62.5 Å². The highest BCUT2D eigenvalue weighted by atomic mass is 127. The molecule has 2 aromatic carbocycles. The van der Waals surface area contributed by atoms with Crippen LogP contribution in [0, 0.1) is 26.0 Å². The van der Waals surface area contributed by atoms with Gasteiger partial charge in [0.1, 0.15) is 23.7 Å². The van der Waals surface area contributed by atoms with Gasteiger partial charge in [0.05, 0.1) is 26.4 Å². The summed E-state index contributed by atoms with van der Waals surface area (Å²) in [7, 11) is 2.31. The van der Waals surface area contributed by atoms with E-state index < -0.39 is 89.3 Å². The van der Waals surface area contributed by atoms with Crippen molar-refractivity contribution in [3.8, 4) is 0 Å². The summed E-state index contributed by atoms with van der Waals surface area (Å²) in [6.45, 7) is 9.33. The molecule has 0 aliphatic heterocycles. The average Bonchev–Trinajstić information content (AvgIpc) is 2.99. The standard InChI is InChI=1S/C33H45BrF2IN5O7/c1-32(2,3)26(39-30(46)48-7)28(44)38-24(13-18-9-11-20(37)12-10-18)25(43)17-42(16-21-22(35)14-19(34)15-23(21)36)41-29(45)27(33(4,5)6)40-31(47)49-8/h9-12,14-15,24-27,43H,13,16-17H2,1-8H3,(H,38,44)(H,39,46)(H,40,47)(H,41,45)/t24-,25-,26+,27+/m0/s1. The molecule has 0 aliphatic carbocycles. The highest BCUT2D eigenvalue weighted by Gasteiger charge is 2.37. The van der Waals surface area contributed by atoms with Crippen LogP contribution < -0.4 is 21.4 Å². The summed E-state index contributed by atoms with van der Waals surface area (Å²) >= 11 is 5.20. The van der Waals surface area contributed by atoms with Crippen LogP contribution in [0.4, 0.5) is 18.4 Å². The van der Waals surface area contributed by atoms with E-state index in [0.29, 0.717) is 0 Å². The summed E-state index contributed by atoms with van der Waals surface area (Å²) in [5.74, 6) is -3.20. The minimum atomic E-state index is -1.45. The molecule has 0 bridgehead atoms. The number of rotatable bonds is 13. The third kappa shape index (κ3) is 13.3. The number of ether oxygens (including phenoxy) is 2. The lowest BCUT2D eigenvalue weighted by molar-refractivity contribution is -0.132. The maximum absolute atomic E-state index is 15.0. The molecular weight excluding hydrogens is 823 g/mol. The largest absolute Gasteiger partial charge is 0.453 e. The number of halogens is 4. The van der Waals surface area contributed by atoms with Gasteiger partial charge in [-0.1, -0.05) is 69.6 Å². The lowest BCUT2D eigenvalue weighted by Gasteiger charge is -2.35. The first-order chi connectivity index (χ1) is 22.7. The number of hydrazine groups is 1. The van der Waals surface area contributed by atoms with E-state index in [4.69, 9.17) is 4.74 Å². The molecule has 2 rings (SSSR count). The number of aliphatic hydroxyl groups is 1. The molecule has 0 unspecified atom stereocenters. The van der Waals surface area contributed by atoms with E-state index in [-0.39, 0.29) is 10.9 Å². The average molecular weight is 869 g/mol. The summed E-state index contributed by atoms with van der Waals surface area (Å²) in [6, 6.07) is 6.19. The topological polar surface area (TPSA) is 158 Å². The van der Waals surface area contributed by atoms with Gasteiger partial charge in [0.25, 0.3) is 5.91 Å². The van der Waals surface area contributed by atoms with Crippen molar-refractivity contribution in [2.45, 2.75) is 78.7 Å². The molecular formula is C33H45BrF2IN5O7. The van der Waals surface area contributed by atoms with E-state index in [1.54, 1.807) is 41.5 Å². The molecule has 272 valence electrons. The van der Waals surface area contributed by atoms with Gasteiger partial charge in [-0.3, -0.25) is 15.0 Å². The predicted molar refractivity (Wildman–Crippen MR) is 191 cm³/mol. The second-order valence-electron chi connectivity index (χ2n) is 13.6. The van der Waals surface area contributed by atoms with Crippen LogP contribution in [0.15, 0.2) is 40.9 Å². The molecule has 0 fully saturated rings. The first-order valence-corrected chi connectivity index (χ1v) is 17.1. The second-order valence-corrected chi connectivity index (χ2v) is 15.7. The Bertz CT molecular complexity index is 1450. The van der Waals surface area contributed by atoms with Gasteiger partial charge in [0.2, 0.25) is 5.91 Å². The number of amides is 4. The Morgan fingerprint density at radius 1 is 0.857 bits per heavy atom. The fourth-order valence-electron chi connectivity index (χ4n) is 4.77. The Morgan fingerprint density at radius 2 is 1.33 bits per heavy atom. The molecule has 4 amide bonds. The fraction of sp³-hybridized carbons (Fsp3) is 0.515. The van der Waals surface area contributed by atoms with Crippen LogP contribution in [0.25, 0.3) is 0 Å². The molecule has 0 saturated heterocycles. The SMILES string of the molecule is COC(=O)N[C@H](C(=O)N[C@@H](Cc1ccc(I)cc1)[C@@H](O)CN(Cc1c(F)cc(Br)cc1F)NC(=O)[C@@H](NC(=O)OC)C(C)(C)C)C(C)(C)C. The number of alkyl carbamates (subject to hydrolysis) is 2. The number of nitrogens with one attached hydrogen (secondary N) is 4. The number of hydrogen-bond donors (Lipinski definition) is 5. The Morgan fingerprint density at radius 3 is 1.78 bits per heavy atom. The van der Waals surface area contributed by atoms with Crippen LogP contribution >= 0.6 is 38.5 Å². The molecule has 5 N–H and O–H groups in total. The number of methoxy groups -OCH3 is 2. The van der Waals surface area contributed by atoms with E-state index in [9.17, 15) is 24.3 Å². The van der Waals surface area contributed by atoms with Gasteiger partial charge in [-0.05, 0) is 69.7 Å².